The third-order valence-electron chi connectivity index (χ3n) is 2.21. The Balaban J connectivity index is 2.68. The summed E-state index contributed by atoms with van der Waals surface area (Å²) in [5.41, 5.74) is 0. The maximum atomic E-state index is 13.7. The van der Waals surface area contributed by atoms with Crippen LogP contribution in [0.5, 0.6) is 11.5 Å². The molecule has 0 saturated heterocycles. The van der Waals surface area contributed by atoms with Crippen molar-refractivity contribution in [3.63, 3.8) is 0 Å². The highest BCUT2D eigenvalue weighted by Gasteiger charge is 2.15. The molecule has 24 heavy (non-hydrogen) atoms. The molecule has 0 amide bonds. The molecule has 0 aromatic heterocycles. The van der Waals surface area contributed by atoms with Crippen molar-refractivity contribution in [1.82, 2.24) is 0 Å². The molecular formula is C16H12F2O6. The summed E-state index contributed by atoms with van der Waals surface area (Å²) in [6.07, 6.45) is 5.18. The first kappa shape index (κ1) is 18.6. The second-order valence-electron chi connectivity index (χ2n) is 3.75. The number of halogens is 2. The van der Waals surface area contributed by atoms with Crippen molar-refractivity contribution in [2.24, 2.45) is 0 Å². The predicted octanol–water partition coefficient (Wildman–Crippen LogP) is 3.12. The molecule has 1 aromatic rings. The SMILES string of the molecule is C=CC(=O)O/C=C\Oc1ccc(O/C=C\OC(=O)C=C)c(F)c1F. The zero-order valence-electron chi connectivity index (χ0n) is 12.2. The van der Waals surface area contributed by atoms with Crippen molar-refractivity contribution in [3.8, 4) is 11.5 Å². The molecule has 0 atom stereocenters. The average molecular weight is 338 g/mol. The Hall–Kier alpha value is -3.42. The van der Waals surface area contributed by atoms with Gasteiger partial charge >= 0.3 is 11.9 Å². The highest BCUT2D eigenvalue weighted by Crippen LogP contribution is 2.27. The Morgan fingerprint density at radius 1 is 0.792 bits per heavy atom. The largest absolute Gasteiger partial charge is 0.459 e. The Kier molecular flexibility index (Phi) is 7.43. The van der Waals surface area contributed by atoms with E-state index in [1.54, 1.807) is 0 Å². The van der Waals surface area contributed by atoms with Gasteiger partial charge in [-0.3, -0.25) is 0 Å². The molecule has 0 N–H and O–H groups in total. The van der Waals surface area contributed by atoms with Crippen molar-refractivity contribution >= 4 is 11.9 Å². The van der Waals surface area contributed by atoms with Crippen LogP contribution in [0.3, 0.4) is 0 Å². The van der Waals surface area contributed by atoms with Crippen molar-refractivity contribution < 1.29 is 37.3 Å². The molecule has 0 aliphatic rings. The predicted molar refractivity (Wildman–Crippen MR) is 78.5 cm³/mol. The van der Waals surface area contributed by atoms with E-state index in [4.69, 9.17) is 9.47 Å². The Bertz CT molecular complexity index is 635. The van der Waals surface area contributed by atoms with E-state index in [-0.39, 0.29) is 0 Å². The van der Waals surface area contributed by atoms with E-state index in [0.29, 0.717) is 0 Å². The Morgan fingerprint density at radius 3 is 1.50 bits per heavy atom. The second-order valence-corrected chi connectivity index (χ2v) is 3.75. The lowest BCUT2D eigenvalue weighted by atomic mass is 10.3. The number of carbonyl (C=O) groups excluding carboxylic acids is 2. The maximum Gasteiger partial charge on any atom is 0.335 e. The fourth-order valence-electron chi connectivity index (χ4n) is 1.18. The number of esters is 2. The van der Waals surface area contributed by atoms with Gasteiger partial charge < -0.3 is 18.9 Å². The minimum atomic E-state index is -1.33. The van der Waals surface area contributed by atoms with E-state index in [9.17, 15) is 18.4 Å². The summed E-state index contributed by atoms with van der Waals surface area (Å²) in [7, 11) is 0. The number of hydrogen-bond donors (Lipinski definition) is 0. The van der Waals surface area contributed by atoms with Crippen LogP contribution in [0.2, 0.25) is 0 Å². The third kappa shape index (κ3) is 5.76. The molecule has 0 aliphatic heterocycles. The molecule has 1 aromatic carbocycles. The smallest absolute Gasteiger partial charge is 0.335 e. The molecule has 0 aliphatic carbocycles. The van der Waals surface area contributed by atoms with E-state index < -0.39 is 35.1 Å². The first-order valence-corrected chi connectivity index (χ1v) is 6.27. The third-order valence-corrected chi connectivity index (χ3v) is 2.21. The van der Waals surface area contributed by atoms with Gasteiger partial charge in [-0.25, -0.2) is 9.59 Å². The maximum absolute atomic E-state index is 13.7. The topological polar surface area (TPSA) is 71.1 Å². The molecule has 0 bridgehead atoms. The summed E-state index contributed by atoms with van der Waals surface area (Å²) in [5, 5.41) is 0. The summed E-state index contributed by atoms with van der Waals surface area (Å²) in [4.78, 5) is 21.5. The first-order valence-electron chi connectivity index (χ1n) is 6.27. The van der Waals surface area contributed by atoms with E-state index in [1.807, 2.05) is 0 Å². The number of carbonyl (C=O) groups is 2. The van der Waals surface area contributed by atoms with Crippen LogP contribution in [-0.4, -0.2) is 11.9 Å². The number of hydrogen-bond acceptors (Lipinski definition) is 6. The van der Waals surface area contributed by atoms with Crippen LogP contribution in [0.15, 0.2) is 62.5 Å². The van der Waals surface area contributed by atoms with E-state index >= 15 is 0 Å². The van der Waals surface area contributed by atoms with Crippen molar-refractivity contribution in [1.29, 1.82) is 0 Å². The van der Waals surface area contributed by atoms with Gasteiger partial charge in [0.05, 0.1) is 0 Å². The van der Waals surface area contributed by atoms with Crippen LogP contribution in [0.25, 0.3) is 0 Å². The number of benzene rings is 1. The highest BCUT2D eigenvalue weighted by molar-refractivity contribution is 5.81. The molecule has 0 radical (unpaired) electrons. The summed E-state index contributed by atoms with van der Waals surface area (Å²) in [5.74, 6) is -5.07. The molecule has 6 nitrogen and oxygen atoms in total. The Morgan fingerprint density at radius 2 is 1.17 bits per heavy atom. The first-order chi connectivity index (χ1) is 11.5. The zero-order chi connectivity index (χ0) is 17.9. The van der Waals surface area contributed by atoms with Crippen LogP contribution >= 0.6 is 0 Å². The van der Waals surface area contributed by atoms with Crippen LogP contribution in [0.1, 0.15) is 0 Å². The van der Waals surface area contributed by atoms with Gasteiger partial charge in [-0.1, -0.05) is 13.2 Å². The molecule has 0 unspecified atom stereocenters. The Labute approximate surface area is 135 Å². The molecule has 1 rings (SSSR count). The van der Waals surface area contributed by atoms with Crippen LogP contribution < -0.4 is 9.47 Å². The standard InChI is InChI=1S/C16H12F2O6/c1-3-13(19)23-9-7-21-11-5-6-12(16(18)15(11)17)22-8-10-24-14(20)4-2/h3-10H,1-2H2/b9-7-,10-8-. The van der Waals surface area contributed by atoms with Gasteiger partial charge in [0.1, 0.15) is 25.0 Å². The molecule has 0 heterocycles. The lowest BCUT2D eigenvalue weighted by Gasteiger charge is -2.06. The van der Waals surface area contributed by atoms with Gasteiger partial charge in [0.2, 0.25) is 11.6 Å². The van der Waals surface area contributed by atoms with E-state index in [2.05, 4.69) is 22.6 Å². The van der Waals surface area contributed by atoms with Gasteiger partial charge in [0.15, 0.2) is 11.5 Å². The fraction of sp³-hybridized carbons (Fsp3) is 0. The molecule has 8 heteroatoms. The quantitative estimate of drug-likeness (QED) is 0.412. The van der Waals surface area contributed by atoms with E-state index in [0.717, 1.165) is 49.3 Å². The van der Waals surface area contributed by atoms with Crippen molar-refractivity contribution in [2.75, 3.05) is 0 Å². The minimum absolute atomic E-state index is 0.465. The zero-order valence-corrected chi connectivity index (χ0v) is 12.2. The monoisotopic (exact) mass is 338 g/mol. The van der Waals surface area contributed by atoms with Crippen LogP contribution in [0, 0.1) is 11.6 Å². The van der Waals surface area contributed by atoms with Crippen molar-refractivity contribution in [2.45, 2.75) is 0 Å². The lowest BCUT2D eigenvalue weighted by Crippen LogP contribution is -1.97. The molecule has 0 saturated carbocycles. The van der Waals surface area contributed by atoms with Crippen LogP contribution in [0.4, 0.5) is 8.78 Å². The fourth-order valence-corrected chi connectivity index (χ4v) is 1.18. The molecule has 126 valence electrons. The lowest BCUT2D eigenvalue weighted by molar-refractivity contribution is -0.133. The van der Waals surface area contributed by atoms with E-state index in [1.165, 1.54) is 0 Å². The van der Waals surface area contributed by atoms with Crippen molar-refractivity contribution in [3.05, 3.63) is 74.1 Å². The van der Waals surface area contributed by atoms with Gasteiger partial charge in [0.25, 0.3) is 0 Å². The summed E-state index contributed by atoms with van der Waals surface area (Å²) in [6, 6.07) is 2.16. The van der Waals surface area contributed by atoms with Gasteiger partial charge in [0, 0.05) is 12.2 Å². The van der Waals surface area contributed by atoms with Gasteiger partial charge in [-0.15, -0.1) is 0 Å². The second kappa shape index (κ2) is 9.57. The summed E-state index contributed by atoms with van der Waals surface area (Å²) in [6.45, 7) is 6.33. The van der Waals surface area contributed by atoms with Gasteiger partial charge in [-0.05, 0) is 12.1 Å². The van der Waals surface area contributed by atoms with Gasteiger partial charge in [-0.2, -0.15) is 8.78 Å². The summed E-state index contributed by atoms with van der Waals surface area (Å²) >= 11 is 0. The molecule has 0 spiro atoms. The normalized spacial score (nSPS) is 10.4. The highest BCUT2D eigenvalue weighted by atomic mass is 19.2. The minimum Gasteiger partial charge on any atom is -0.459 e. The molecule has 0 fully saturated rings. The van der Waals surface area contributed by atoms with Crippen LogP contribution in [-0.2, 0) is 19.1 Å². The molecular weight excluding hydrogens is 326 g/mol. The average Bonchev–Trinajstić information content (AvgIpc) is 2.59. The number of ether oxygens (including phenoxy) is 4. The number of rotatable bonds is 8. The summed E-state index contributed by atoms with van der Waals surface area (Å²) < 4.78 is 45.9.